The van der Waals surface area contributed by atoms with Gasteiger partial charge in [-0.3, -0.25) is 4.79 Å². The Morgan fingerprint density at radius 2 is 2.18 bits per heavy atom. The summed E-state index contributed by atoms with van der Waals surface area (Å²) in [4.78, 5) is 12.0. The van der Waals surface area contributed by atoms with Crippen LogP contribution in [0.4, 0.5) is 5.69 Å². The number of nitrogens with one attached hydrogen (secondary N) is 1. The van der Waals surface area contributed by atoms with Crippen LogP contribution in [0.1, 0.15) is 43.0 Å². The Balaban J connectivity index is 1.97. The molecule has 1 aliphatic rings. The Morgan fingerprint density at radius 1 is 1.47 bits per heavy atom. The third-order valence-electron chi connectivity index (χ3n) is 3.35. The number of carbonyl (C=O) groups is 1. The second-order valence-electron chi connectivity index (χ2n) is 4.84. The van der Waals surface area contributed by atoms with Crippen molar-refractivity contribution in [2.24, 2.45) is 5.92 Å². The van der Waals surface area contributed by atoms with E-state index in [4.69, 9.17) is 5.73 Å². The van der Waals surface area contributed by atoms with Crippen LogP contribution < -0.4 is 11.1 Å². The number of para-hydroxylation sites is 1. The summed E-state index contributed by atoms with van der Waals surface area (Å²) in [7, 11) is 0. The number of amides is 1. The zero-order chi connectivity index (χ0) is 12.3. The molecular formula is C14H20N2O. The fraction of sp³-hybridized carbons (Fsp3) is 0.500. The minimum atomic E-state index is -0.0457. The first-order chi connectivity index (χ1) is 8.20. The fourth-order valence-electron chi connectivity index (χ4n) is 2.05. The van der Waals surface area contributed by atoms with E-state index in [1.54, 1.807) is 12.1 Å². The number of benzene rings is 1. The van der Waals surface area contributed by atoms with Gasteiger partial charge < -0.3 is 11.1 Å². The summed E-state index contributed by atoms with van der Waals surface area (Å²) in [6, 6.07) is 7.50. The van der Waals surface area contributed by atoms with Crippen LogP contribution in [-0.2, 0) is 0 Å². The summed E-state index contributed by atoms with van der Waals surface area (Å²) in [6.07, 6.45) is 4.73. The van der Waals surface area contributed by atoms with Crippen LogP contribution >= 0.6 is 0 Å². The van der Waals surface area contributed by atoms with E-state index in [9.17, 15) is 4.79 Å². The maximum Gasteiger partial charge on any atom is 0.253 e. The molecule has 17 heavy (non-hydrogen) atoms. The van der Waals surface area contributed by atoms with Crippen molar-refractivity contribution in [3.05, 3.63) is 29.8 Å². The van der Waals surface area contributed by atoms with Crippen molar-refractivity contribution < 1.29 is 4.79 Å². The van der Waals surface area contributed by atoms with Crippen LogP contribution in [0.3, 0.4) is 0 Å². The number of hydrogen-bond donors (Lipinski definition) is 2. The topological polar surface area (TPSA) is 55.1 Å². The molecule has 0 bridgehead atoms. The predicted octanol–water partition coefficient (Wildman–Crippen LogP) is 2.58. The zero-order valence-corrected chi connectivity index (χ0v) is 10.3. The molecule has 1 atom stereocenters. The molecule has 0 radical (unpaired) electrons. The fourth-order valence-corrected chi connectivity index (χ4v) is 2.05. The summed E-state index contributed by atoms with van der Waals surface area (Å²) in [5, 5.41) is 3.08. The molecule has 1 aromatic carbocycles. The van der Waals surface area contributed by atoms with Gasteiger partial charge in [-0.25, -0.2) is 0 Å². The highest BCUT2D eigenvalue weighted by molar-refractivity contribution is 5.99. The molecule has 0 spiro atoms. The van der Waals surface area contributed by atoms with E-state index >= 15 is 0 Å². The van der Waals surface area contributed by atoms with Gasteiger partial charge in [0.05, 0.1) is 5.56 Å². The number of anilines is 1. The summed E-state index contributed by atoms with van der Waals surface area (Å²) < 4.78 is 0. The Morgan fingerprint density at radius 3 is 2.76 bits per heavy atom. The van der Waals surface area contributed by atoms with Crippen molar-refractivity contribution in [1.29, 1.82) is 0 Å². The van der Waals surface area contributed by atoms with Crippen LogP contribution in [-0.4, -0.2) is 11.9 Å². The Bertz CT molecular complexity index is 399. The van der Waals surface area contributed by atoms with Gasteiger partial charge in [-0.2, -0.15) is 0 Å². The van der Waals surface area contributed by atoms with Crippen molar-refractivity contribution in [3.8, 4) is 0 Å². The van der Waals surface area contributed by atoms with Crippen LogP contribution in [0, 0.1) is 5.92 Å². The highest BCUT2D eigenvalue weighted by Gasteiger charge is 2.25. The van der Waals surface area contributed by atoms with E-state index in [0.29, 0.717) is 11.3 Å². The molecule has 0 aliphatic heterocycles. The number of carbonyl (C=O) groups excluding carboxylic acids is 1. The van der Waals surface area contributed by atoms with Gasteiger partial charge in [0.1, 0.15) is 0 Å². The average Bonchev–Trinajstić information content (AvgIpc) is 3.12. The standard InChI is InChI=1S/C14H20N2O/c1-2-11(9-10-7-8-10)16-14(17)12-5-3-4-6-13(12)15/h3-6,10-11H,2,7-9,15H2,1H3,(H,16,17). The highest BCUT2D eigenvalue weighted by atomic mass is 16.1. The van der Waals surface area contributed by atoms with E-state index in [2.05, 4.69) is 12.2 Å². The molecule has 0 heterocycles. The summed E-state index contributed by atoms with van der Waals surface area (Å²) >= 11 is 0. The first-order valence-corrected chi connectivity index (χ1v) is 6.36. The number of rotatable bonds is 5. The zero-order valence-electron chi connectivity index (χ0n) is 10.3. The SMILES string of the molecule is CCC(CC1CC1)NC(=O)c1ccccc1N. The molecule has 0 aromatic heterocycles. The van der Waals surface area contributed by atoms with Crippen molar-refractivity contribution in [2.75, 3.05) is 5.73 Å². The quantitative estimate of drug-likeness (QED) is 0.767. The molecule has 0 saturated heterocycles. The van der Waals surface area contributed by atoms with Gasteiger partial charge in [-0.15, -0.1) is 0 Å². The van der Waals surface area contributed by atoms with E-state index in [1.165, 1.54) is 12.8 Å². The van der Waals surface area contributed by atoms with Crippen molar-refractivity contribution >= 4 is 11.6 Å². The smallest absolute Gasteiger partial charge is 0.253 e. The first kappa shape index (κ1) is 12.0. The summed E-state index contributed by atoms with van der Waals surface area (Å²) in [5.41, 5.74) is 6.92. The van der Waals surface area contributed by atoms with E-state index in [0.717, 1.165) is 18.8 Å². The van der Waals surface area contributed by atoms with Gasteiger partial charge in [-0.1, -0.05) is 31.9 Å². The largest absolute Gasteiger partial charge is 0.398 e. The predicted molar refractivity (Wildman–Crippen MR) is 69.7 cm³/mol. The van der Waals surface area contributed by atoms with Crippen molar-refractivity contribution in [2.45, 2.75) is 38.6 Å². The second-order valence-corrected chi connectivity index (χ2v) is 4.84. The van der Waals surface area contributed by atoms with Gasteiger partial charge in [0.2, 0.25) is 0 Å². The molecule has 1 aliphatic carbocycles. The van der Waals surface area contributed by atoms with Crippen LogP contribution in [0.5, 0.6) is 0 Å². The molecule has 1 amide bonds. The number of nitrogens with two attached hydrogens (primary N) is 1. The Labute approximate surface area is 102 Å². The lowest BCUT2D eigenvalue weighted by molar-refractivity contribution is 0.0933. The second kappa shape index (κ2) is 5.21. The first-order valence-electron chi connectivity index (χ1n) is 6.36. The number of nitrogen functional groups attached to an aromatic ring is 1. The van der Waals surface area contributed by atoms with Gasteiger partial charge >= 0.3 is 0 Å². The Kier molecular flexibility index (Phi) is 3.67. The monoisotopic (exact) mass is 232 g/mol. The lowest BCUT2D eigenvalue weighted by Crippen LogP contribution is -2.35. The van der Waals surface area contributed by atoms with Crippen molar-refractivity contribution in [3.63, 3.8) is 0 Å². The Hall–Kier alpha value is -1.51. The third kappa shape index (κ3) is 3.22. The molecule has 3 heteroatoms. The van der Waals surface area contributed by atoms with Gasteiger partial charge in [0.25, 0.3) is 5.91 Å². The molecule has 1 aromatic rings. The molecular weight excluding hydrogens is 212 g/mol. The molecule has 92 valence electrons. The van der Waals surface area contributed by atoms with E-state index in [-0.39, 0.29) is 11.9 Å². The molecule has 1 saturated carbocycles. The lowest BCUT2D eigenvalue weighted by Gasteiger charge is -2.17. The maximum absolute atomic E-state index is 12.0. The van der Waals surface area contributed by atoms with Crippen molar-refractivity contribution in [1.82, 2.24) is 5.32 Å². The van der Waals surface area contributed by atoms with Crippen LogP contribution in [0.2, 0.25) is 0 Å². The molecule has 3 N–H and O–H groups in total. The van der Waals surface area contributed by atoms with E-state index < -0.39 is 0 Å². The minimum absolute atomic E-state index is 0.0457. The van der Waals surface area contributed by atoms with Crippen LogP contribution in [0.15, 0.2) is 24.3 Å². The summed E-state index contributed by atoms with van der Waals surface area (Å²) in [6.45, 7) is 2.11. The third-order valence-corrected chi connectivity index (χ3v) is 3.35. The molecule has 2 rings (SSSR count). The molecule has 1 unspecified atom stereocenters. The molecule has 1 fully saturated rings. The normalized spacial score (nSPS) is 16.5. The molecule has 3 nitrogen and oxygen atoms in total. The number of hydrogen-bond acceptors (Lipinski definition) is 2. The average molecular weight is 232 g/mol. The van der Waals surface area contributed by atoms with Gasteiger partial charge in [0, 0.05) is 11.7 Å². The summed E-state index contributed by atoms with van der Waals surface area (Å²) in [5.74, 6) is 0.781. The van der Waals surface area contributed by atoms with Gasteiger partial charge in [-0.05, 0) is 30.9 Å². The van der Waals surface area contributed by atoms with Gasteiger partial charge in [0.15, 0.2) is 0 Å². The lowest BCUT2D eigenvalue weighted by atomic mass is 10.1. The maximum atomic E-state index is 12.0. The highest BCUT2D eigenvalue weighted by Crippen LogP contribution is 2.34. The minimum Gasteiger partial charge on any atom is -0.398 e. The van der Waals surface area contributed by atoms with E-state index in [1.807, 2.05) is 12.1 Å². The van der Waals surface area contributed by atoms with Crippen LogP contribution in [0.25, 0.3) is 0 Å².